The first-order chi connectivity index (χ1) is 8.04. The molecule has 4 heteroatoms. The summed E-state index contributed by atoms with van der Waals surface area (Å²) >= 11 is 0. The van der Waals surface area contributed by atoms with Gasteiger partial charge in [-0.3, -0.25) is 4.39 Å². The first kappa shape index (κ1) is 12.0. The molecule has 0 aliphatic carbocycles. The van der Waals surface area contributed by atoms with Crippen LogP contribution in [0, 0.1) is 12.7 Å². The molecule has 0 unspecified atom stereocenters. The summed E-state index contributed by atoms with van der Waals surface area (Å²) in [6.07, 6.45) is 0.245. The molecule has 0 bridgehead atoms. The van der Waals surface area contributed by atoms with Crippen LogP contribution in [0.3, 0.4) is 0 Å². The molecule has 0 radical (unpaired) electrons. The van der Waals surface area contributed by atoms with Crippen LogP contribution in [0.2, 0.25) is 0 Å². The number of imidazole rings is 1. The van der Waals surface area contributed by atoms with Crippen LogP contribution in [0.25, 0.3) is 11.0 Å². The highest BCUT2D eigenvalue weighted by Gasteiger charge is 2.14. The highest BCUT2D eigenvalue weighted by Crippen LogP contribution is 2.24. The van der Waals surface area contributed by atoms with Crippen LogP contribution in [-0.4, -0.2) is 16.2 Å². The molecule has 0 aliphatic rings. The highest BCUT2D eigenvalue weighted by atomic mass is 19.1. The molecular weight excluding hydrogens is 222 g/mol. The lowest BCUT2D eigenvalue weighted by molar-refractivity contribution is 0.494. The predicted molar refractivity (Wildman–Crippen MR) is 64.5 cm³/mol. The molecule has 0 amide bonds. The van der Waals surface area contributed by atoms with Gasteiger partial charge < -0.3 is 4.57 Å². The third-order valence-electron chi connectivity index (χ3n) is 2.88. The molecule has 17 heavy (non-hydrogen) atoms. The molecule has 0 spiro atoms. The van der Waals surface area contributed by atoms with E-state index in [2.05, 4.69) is 4.98 Å². The zero-order chi connectivity index (χ0) is 12.6. The fraction of sp³-hybridized carbons (Fsp3) is 0.462. The Hall–Kier alpha value is -1.45. The van der Waals surface area contributed by atoms with Gasteiger partial charge >= 0.3 is 0 Å². The zero-order valence-electron chi connectivity index (χ0n) is 10.3. The minimum atomic E-state index is -0.472. The summed E-state index contributed by atoms with van der Waals surface area (Å²) in [5, 5.41) is 0. The van der Waals surface area contributed by atoms with Crippen molar-refractivity contribution in [2.45, 2.75) is 33.2 Å². The number of fused-ring (bicyclic) bond motifs is 1. The Balaban J connectivity index is 2.70. The second-order valence-corrected chi connectivity index (χ2v) is 4.51. The Bertz CT molecular complexity index is 544. The van der Waals surface area contributed by atoms with Crippen molar-refractivity contribution in [2.24, 2.45) is 0 Å². The summed E-state index contributed by atoms with van der Waals surface area (Å²) in [5.74, 6) is 0.416. The molecule has 2 aromatic rings. The number of alkyl halides is 1. The summed E-state index contributed by atoms with van der Waals surface area (Å²) in [7, 11) is 0. The van der Waals surface area contributed by atoms with Crippen molar-refractivity contribution in [2.75, 3.05) is 6.67 Å². The topological polar surface area (TPSA) is 17.8 Å². The standard InChI is InChI=1S/C13H16F2N2/c1-8(2)17-9(3)16-13-11(15)6-10(4-5-14)7-12(13)17/h6-8H,4-5H2,1-3H3. The van der Waals surface area contributed by atoms with Crippen LogP contribution < -0.4 is 0 Å². The van der Waals surface area contributed by atoms with Gasteiger partial charge in [-0.25, -0.2) is 9.37 Å². The van der Waals surface area contributed by atoms with Crippen molar-refractivity contribution in [3.8, 4) is 0 Å². The third-order valence-corrected chi connectivity index (χ3v) is 2.88. The molecule has 1 heterocycles. The van der Waals surface area contributed by atoms with Crippen molar-refractivity contribution in [3.63, 3.8) is 0 Å². The van der Waals surface area contributed by atoms with Crippen molar-refractivity contribution >= 4 is 11.0 Å². The lowest BCUT2D eigenvalue weighted by atomic mass is 10.1. The SMILES string of the molecule is Cc1nc2c(F)cc(CCF)cc2n1C(C)C. The smallest absolute Gasteiger partial charge is 0.151 e. The normalized spacial score (nSPS) is 11.6. The van der Waals surface area contributed by atoms with E-state index >= 15 is 0 Å². The molecule has 92 valence electrons. The lowest BCUT2D eigenvalue weighted by Crippen LogP contribution is -2.03. The number of aromatic nitrogens is 2. The molecule has 0 saturated carbocycles. The van der Waals surface area contributed by atoms with E-state index < -0.39 is 6.67 Å². The Morgan fingerprint density at radius 1 is 1.35 bits per heavy atom. The van der Waals surface area contributed by atoms with Crippen molar-refractivity contribution in [1.82, 2.24) is 9.55 Å². The molecule has 0 saturated heterocycles. The van der Waals surface area contributed by atoms with Gasteiger partial charge in [0.05, 0.1) is 12.2 Å². The Kier molecular flexibility index (Phi) is 3.13. The minimum Gasteiger partial charge on any atom is -0.326 e. The van der Waals surface area contributed by atoms with Gasteiger partial charge in [-0.2, -0.15) is 0 Å². The first-order valence-corrected chi connectivity index (χ1v) is 5.77. The van der Waals surface area contributed by atoms with Crippen molar-refractivity contribution in [1.29, 1.82) is 0 Å². The third kappa shape index (κ3) is 2.04. The molecule has 0 aliphatic heterocycles. The summed E-state index contributed by atoms with van der Waals surface area (Å²) in [6.45, 7) is 5.43. The van der Waals surface area contributed by atoms with Crippen molar-refractivity contribution in [3.05, 3.63) is 29.3 Å². The summed E-state index contributed by atoms with van der Waals surface area (Å²) in [5.41, 5.74) is 1.80. The maximum absolute atomic E-state index is 13.8. The molecular formula is C13H16F2N2. The van der Waals surface area contributed by atoms with Crippen LogP contribution in [0.15, 0.2) is 12.1 Å². The van der Waals surface area contributed by atoms with E-state index in [1.807, 2.05) is 31.4 Å². The van der Waals surface area contributed by atoms with Gasteiger partial charge in [-0.05, 0) is 38.5 Å². The molecule has 2 nitrogen and oxygen atoms in total. The minimum absolute atomic E-state index is 0.208. The van der Waals surface area contributed by atoms with Gasteiger partial charge in [-0.1, -0.05) is 0 Å². The summed E-state index contributed by atoms with van der Waals surface area (Å²) in [4.78, 5) is 4.23. The van der Waals surface area contributed by atoms with Gasteiger partial charge in [0.1, 0.15) is 11.3 Å². The van der Waals surface area contributed by atoms with Gasteiger partial charge in [0.25, 0.3) is 0 Å². The fourth-order valence-electron chi connectivity index (χ4n) is 2.23. The van der Waals surface area contributed by atoms with Gasteiger partial charge in [0.15, 0.2) is 5.82 Å². The van der Waals surface area contributed by atoms with Crippen LogP contribution in [0.5, 0.6) is 0 Å². The fourth-order valence-corrected chi connectivity index (χ4v) is 2.23. The van der Waals surface area contributed by atoms with Crippen LogP contribution in [0.1, 0.15) is 31.3 Å². The number of hydrogen-bond acceptors (Lipinski definition) is 1. The maximum Gasteiger partial charge on any atom is 0.151 e. The number of benzene rings is 1. The highest BCUT2D eigenvalue weighted by molar-refractivity contribution is 5.77. The molecule has 0 fully saturated rings. The molecule has 0 N–H and O–H groups in total. The second-order valence-electron chi connectivity index (χ2n) is 4.51. The number of aryl methyl sites for hydroxylation is 2. The number of hydrogen-bond donors (Lipinski definition) is 0. The Morgan fingerprint density at radius 3 is 2.65 bits per heavy atom. The van der Waals surface area contributed by atoms with E-state index in [0.717, 1.165) is 11.3 Å². The molecule has 2 rings (SSSR count). The molecule has 1 aromatic heterocycles. The predicted octanol–water partition coefficient (Wildman–Crippen LogP) is 3.58. The van der Waals surface area contributed by atoms with Crippen LogP contribution in [-0.2, 0) is 6.42 Å². The quantitative estimate of drug-likeness (QED) is 0.799. The average molecular weight is 238 g/mol. The van der Waals surface area contributed by atoms with Crippen LogP contribution in [0.4, 0.5) is 8.78 Å². The largest absolute Gasteiger partial charge is 0.326 e. The monoisotopic (exact) mass is 238 g/mol. The second kappa shape index (κ2) is 4.43. The first-order valence-electron chi connectivity index (χ1n) is 5.77. The van der Waals surface area contributed by atoms with E-state index in [-0.39, 0.29) is 18.3 Å². The van der Waals surface area contributed by atoms with Crippen molar-refractivity contribution < 1.29 is 8.78 Å². The zero-order valence-corrected chi connectivity index (χ0v) is 10.3. The molecule has 1 aromatic carbocycles. The molecule has 0 atom stereocenters. The van der Waals surface area contributed by atoms with E-state index in [9.17, 15) is 8.78 Å². The van der Waals surface area contributed by atoms with Gasteiger partial charge in [0, 0.05) is 12.5 Å². The van der Waals surface area contributed by atoms with E-state index in [4.69, 9.17) is 0 Å². The van der Waals surface area contributed by atoms with E-state index in [1.165, 1.54) is 6.07 Å². The number of rotatable bonds is 3. The Labute approximate surface area is 99.3 Å². The van der Waals surface area contributed by atoms with E-state index in [1.54, 1.807) is 0 Å². The van der Waals surface area contributed by atoms with E-state index in [0.29, 0.717) is 11.1 Å². The van der Waals surface area contributed by atoms with Gasteiger partial charge in [0.2, 0.25) is 0 Å². The average Bonchev–Trinajstić information content (AvgIpc) is 2.55. The summed E-state index contributed by atoms with van der Waals surface area (Å²) < 4.78 is 28.1. The summed E-state index contributed by atoms with van der Waals surface area (Å²) in [6, 6.07) is 3.41. The maximum atomic E-state index is 13.8. The lowest BCUT2D eigenvalue weighted by Gasteiger charge is -2.11. The van der Waals surface area contributed by atoms with Crippen LogP contribution >= 0.6 is 0 Å². The van der Waals surface area contributed by atoms with Gasteiger partial charge in [-0.15, -0.1) is 0 Å². The number of halogens is 2. The number of nitrogens with zero attached hydrogens (tertiary/aromatic N) is 2. The Morgan fingerprint density at radius 2 is 2.06 bits per heavy atom.